The maximum atomic E-state index is 12.4. The monoisotopic (exact) mass is 326 g/mol. The average Bonchev–Trinajstić information content (AvgIpc) is 2.70. The van der Waals surface area contributed by atoms with Gasteiger partial charge in [0.1, 0.15) is 0 Å². The third kappa shape index (κ3) is 3.24. The number of hydrogen-bond acceptors (Lipinski definition) is 3. The summed E-state index contributed by atoms with van der Waals surface area (Å²) in [6.07, 6.45) is 4.09. The molecule has 0 radical (unpaired) electrons. The van der Waals surface area contributed by atoms with Crippen LogP contribution in [0.1, 0.15) is 35.4 Å². The predicted octanol–water partition coefficient (Wildman–Crippen LogP) is 2.88. The molecule has 0 aromatic carbocycles. The second-order valence-electron chi connectivity index (χ2n) is 5.70. The summed E-state index contributed by atoms with van der Waals surface area (Å²) < 4.78 is 0.634. The summed E-state index contributed by atoms with van der Waals surface area (Å²) in [5, 5.41) is 0. The first-order chi connectivity index (χ1) is 10.1. The zero-order chi connectivity index (χ0) is 14.8. The van der Waals surface area contributed by atoms with Crippen molar-refractivity contribution >= 4 is 34.8 Å². The highest BCUT2D eigenvalue weighted by molar-refractivity contribution is 7.17. The van der Waals surface area contributed by atoms with Crippen LogP contribution in [0.15, 0.2) is 12.1 Å². The summed E-state index contributed by atoms with van der Waals surface area (Å²) in [6, 6.07) is 3.53. The van der Waals surface area contributed by atoms with Crippen molar-refractivity contribution in [2.45, 2.75) is 25.7 Å². The molecule has 3 rings (SSSR count). The van der Waals surface area contributed by atoms with E-state index in [1.54, 1.807) is 12.1 Å². The van der Waals surface area contributed by atoms with Gasteiger partial charge in [-0.3, -0.25) is 9.59 Å². The fourth-order valence-electron chi connectivity index (χ4n) is 2.84. The molecule has 0 spiro atoms. The van der Waals surface area contributed by atoms with Crippen LogP contribution in [0, 0.1) is 5.92 Å². The minimum absolute atomic E-state index is 0.0323. The molecule has 21 heavy (non-hydrogen) atoms. The number of amides is 2. The molecule has 2 fully saturated rings. The van der Waals surface area contributed by atoms with Crippen LogP contribution in [0.5, 0.6) is 0 Å². The molecule has 1 aromatic heterocycles. The zero-order valence-electron chi connectivity index (χ0n) is 11.9. The summed E-state index contributed by atoms with van der Waals surface area (Å²) in [5.74, 6) is 0.558. The van der Waals surface area contributed by atoms with E-state index >= 15 is 0 Å². The van der Waals surface area contributed by atoms with Gasteiger partial charge in [0.05, 0.1) is 9.21 Å². The molecule has 4 nitrogen and oxygen atoms in total. The minimum atomic E-state index is 0.0323. The number of carbonyl (C=O) groups excluding carboxylic acids is 2. The topological polar surface area (TPSA) is 40.6 Å². The molecule has 2 aliphatic rings. The Morgan fingerprint density at radius 3 is 2.38 bits per heavy atom. The van der Waals surface area contributed by atoms with Gasteiger partial charge in [0.25, 0.3) is 5.91 Å². The van der Waals surface area contributed by atoms with Gasteiger partial charge in [-0.2, -0.15) is 0 Å². The highest BCUT2D eigenvalue weighted by Crippen LogP contribution is 2.29. The molecular weight excluding hydrogens is 308 g/mol. The summed E-state index contributed by atoms with van der Waals surface area (Å²) in [4.78, 5) is 29.2. The van der Waals surface area contributed by atoms with Crippen LogP contribution in [-0.4, -0.2) is 47.8 Å². The van der Waals surface area contributed by atoms with Gasteiger partial charge in [-0.05, 0) is 31.4 Å². The zero-order valence-corrected chi connectivity index (χ0v) is 13.5. The van der Waals surface area contributed by atoms with E-state index in [1.807, 2.05) is 9.80 Å². The van der Waals surface area contributed by atoms with E-state index in [0.717, 1.165) is 25.8 Å². The maximum absolute atomic E-state index is 12.4. The van der Waals surface area contributed by atoms with Gasteiger partial charge in [-0.1, -0.05) is 18.0 Å². The number of carbonyl (C=O) groups is 2. The highest BCUT2D eigenvalue weighted by Gasteiger charge is 2.31. The van der Waals surface area contributed by atoms with Crippen LogP contribution in [0.25, 0.3) is 0 Å². The van der Waals surface area contributed by atoms with Gasteiger partial charge in [0.15, 0.2) is 0 Å². The average molecular weight is 327 g/mol. The molecule has 1 aliphatic carbocycles. The highest BCUT2D eigenvalue weighted by atomic mass is 35.5. The summed E-state index contributed by atoms with van der Waals surface area (Å²) in [7, 11) is 0. The van der Waals surface area contributed by atoms with E-state index in [-0.39, 0.29) is 17.7 Å². The fraction of sp³-hybridized carbons (Fsp3) is 0.600. The Hall–Kier alpha value is -1.07. The van der Waals surface area contributed by atoms with Crippen molar-refractivity contribution in [2.24, 2.45) is 5.92 Å². The standard InChI is InChI=1S/C15H19ClN2O2S/c16-13-6-5-12(21-13)15(20)18-8-2-7-17(9-10-18)14(19)11-3-1-4-11/h5-6,11H,1-4,7-10H2. The second kappa shape index (κ2) is 6.36. The lowest BCUT2D eigenvalue weighted by molar-refractivity contribution is -0.138. The number of thiophene rings is 1. The first-order valence-electron chi connectivity index (χ1n) is 7.48. The molecular formula is C15H19ClN2O2S. The first kappa shape index (κ1) is 14.9. The SMILES string of the molecule is O=C(c1ccc(Cl)s1)N1CCCN(C(=O)C2CCC2)CC1. The van der Waals surface area contributed by atoms with Gasteiger partial charge in [-0.25, -0.2) is 0 Å². The third-order valence-electron chi connectivity index (χ3n) is 4.33. The van der Waals surface area contributed by atoms with Crippen LogP contribution >= 0.6 is 22.9 Å². The molecule has 114 valence electrons. The normalized spacial score (nSPS) is 20.0. The summed E-state index contributed by atoms with van der Waals surface area (Å²) in [6.45, 7) is 2.75. The van der Waals surface area contributed by atoms with Crippen LogP contribution < -0.4 is 0 Å². The molecule has 6 heteroatoms. The van der Waals surface area contributed by atoms with Crippen molar-refractivity contribution < 1.29 is 9.59 Å². The number of rotatable bonds is 2. The van der Waals surface area contributed by atoms with Crippen LogP contribution in [0.3, 0.4) is 0 Å². The Kier molecular flexibility index (Phi) is 4.50. The van der Waals surface area contributed by atoms with Crippen molar-refractivity contribution in [1.29, 1.82) is 0 Å². The molecule has 0 atom stereocenters. The Morgan fingerprint density at radius 2 is 1.76 bits per heavy atom. The van der Waals surface area contributed by atoms with E-state index in [9.17, 15) is 9.59 Å². The molecule has 1 saturated heterocycles. The Bertz CT molecular complexity index is 542. The van der Waals surface area contributed by atoms with Crippen molar-refractivity contribution in [3.8, 4) is 0 Å². The van der Waals surface area contributed by atoms with Crippen LogP contribution in [0.4, 0.5) is 0 Å². The molecule has 1 aliphatic heterocycles. The van der Waals surface area contributed by atoms with Crippen LogP contribution in [0.2, 0.25) is 4.34 Å². The predicted molar refractivity (Wildman–Crippen MR) is 83.8 cm³/mol. The number of halogens is 1. The lowest BCUT2D eigenvalue weighted by atomic mass is 9.84. The quantitative estimate of drug-likeness (QED) is 0.838. The molecule has 2 amide bonds. The first-order valence-corrected chi connectivity index (χ1v) is 8.68. The lowest BCUT2D eigenvalue weighted by Crippen LogP contribution is -2.41. The van der Waals surface area contributed by atoms with E-state index in [0.29, 0.717) is 28.8 Å². The molecule has 1 saturated carbocycles. The lowest BCUT2D eigenvalue weighted by Gasteiger charge is -2.30. The molecule has 0 N–H and O–H groups in total. The minimum Gasteiger partial charge on any atom is -0.341 e. The Balaban J connectivity index is 1.60. The van der Waals surface area contributed by atoms with E-state index in [1.165, 1.54) is 17.8 Å². The Labute approximate surface area is 133 Å². The summed E-state index contributed by atoms with van der Waals surface area (Å²) in [5.41, 5.74) is 0. The second-order valence-corrected chi connectivity index (χ2v) is 7.42. The molecule has 2 heterocycles. The van der Waals surface area contributed by atoms with Crippen molar-refractivity contribution in [1.82, 2.24) is 9.80 Å². The van der Waals surface area contributed by atoms with Gasteiger partial charge in [-0.15, -0.1) is 11.3 Å². The van der Waals surface area contributed by atoms with Crippen LogP contribution in [-0.2, 0) is 4.79 Å². The van der Waals surface area contributed by atoms with E-state index in [2.05, 4.69) is 0 Å². The van der Waals surface area contributed by atoms with Gasteiger partial charge >= 0.3 is 0 Å². The van der Waals surface area contributed by atoms with Gasteiger partial charge in [0.2, 0.25) is 5.91 Å². The molecule has 1 aromatic rings. The van der Waals surface area contributed by atoms with Crippen molar-refractivity contribution in [2.75, 3.05) is 26.2 Å². The van der Waals surface area contributed by atoms with Gasteiger partial charge in [0, 0.05) is 32.1 Å². The molecule has 0 unspecified atom stereocenters. The van der Waals surface area contributed by atoms with Gasteiger partial charge < -0.3 is 9.80 Å². The maximum Gasteiger partial charge on any atom is 0.264 e. The molecule has 0 bridgehead atoms. The largest absolute Gasteiger partial charge is 0.341 e. The fourth-order valence-corrected chi connectivity index (χ4v) is 3.85. The summed E-state index contributed by atoms with van der Waals surface area (Å²) >= 11 is 7.21. The van der Waals surface area contributed by atoms with E-state index in [4.69, 9.17) is 11.6 Å². The van der Waals surface area contributed by atoms with Crippen molar-refractivity contribution in [3.05, 3.63) is 21.3 Å². The smallest absolute Gasteiger partial charge is 0.264 e. The third-order valence-corrected chi connectivity index (χ3v) is 5.55. The Morgan fingerprint density at radius 1 is 1.05 bits per heavy atom. The van der Waals surface area contributed by atoms with E-state index < -0.39 is 0 Å². The number of nitrogens with zero attached hydrogens (tertiary/aromatic N) is 2. The van der Waals surface area contributed by atoms with Crippen molar-refractivity contribution in [3.63, 3.8) is 0 Å². The number of hydrogen-bond donors (Lipinski definition) is 0.